The summed E-state index contributed by atoms with van der Waals surface area (Å²) in [5, 5.41) is 3.43. The molecule has 0 bridgehead atoms. The molecule has 0 aliphatic heterocycles. The Morgan fingerprint density at radius 2 is 1.95 bits per heavy atom. The van der Waals surface area contributed by atoms with Crippen LogP contribution in [-0.2, 0) is 0 Å². The lowest BCUT2D eigenvalue weighted by Crippen LogP contribution is -2.17. The van der Waals surface area contributed by atoms with E-state index in [1.54, 1.807) is 0 Å². The molecule has 0 aliphatic carbocycles. The molecule has 1 N–H and O–H groups in total. The number of ether oxygens (including phenoxy) is 1. The van der Waals surface area contributed by atoms with E-state index in [-0.39, 0.29) is 0 Å². The molecule has 0 heterocycles. The van der Waals surface area contributed by atoms with Crippen LogP contribution in [-0.4, -0.2) is 13.2 Å². The van der Waals surface area contributed by atoms with Gasteiger partial charge in [0.25, 0.3) is 0 Å². The summed E-state index contributed by atoms with van der Waals surface area (Å²) in [7, 11) is 0. The van der Waals surface area contributed by atoms with Crippen LogP contribution in [0, 0.1) is 12.8 Å². The Hall–Kier alpha value is -1.02. The average Bonchev–Trinajstić information content (AvgIpc) is 2.38. The average molecular weight is 263 g/mol. The van der Waals surface area contributed by atoms with Crippen molar-refractivity contribution in [1.29, 1.82) is 0 Å². The van der Waals surface area contributed by atoms with Gasteiger partial charge in [-0.05, 0) is 49.9 Å². The molecule has 2 unspecified atom stereocenters. The van der Waals surface area contributed by atoms with Gasteiger partial charge in [-0.3, -0.25) is 0 Å². The van der Waals surface area contributed by atoms with E-state index >= 15 is 0 Å². The minimum absolute atomic E-state index is 0.400. The summed E-state index contributed by atoms with van der Waals surface area (Å²) in [4.78, 5) is 0. The fourth-order valence-corrected chi connectivity index (χ4v) is 2.34. The topological polar surface area (TPSA) is 21.3 Å². The van der Waals surface area contributed by atoms with Gasteiger partial charge in [0.15, 0.2) is 0 Å². The zero-order valence-electron chi connectivity index (χ0n) is 13.1. The van der Waals surface area contributed by atoms with E-state index in [2.05, 4.69) is 58.1 Å². The van der Waals surface area contributed by atoms with Gasteiger partial charge in [0.05, 0.1) is 6.61 Å². The predicted molar refractivity (Wildman–Crippen MR) is 82.8 cm³/mol. The van der Waals surface area contributed by atoms with E-state index in [0.717, 1.165) is 18.9 Å². The molecule has 0 aromatic heterocycles. The summed E-state index contributed by atoms with van der Waals surface area (Å²) < 4.78 is 5.93. The van der Waals surface area contributed by atoms with Crippen LogP contribution in [0.2, 0.25) is 0 Å². The summed E-state index contributed by atoms with van der Waals surface area (Å²) in [6, 6.07) is 6.90. The Morgan fingerprint density at radius 1 is 1.21 bits per heavy atom. The van der Waals surface area contributed by atoms with Gasteiger partial charge in [-0.25, -0.2) is 0 Å². The minimum atomic E-state index is 0.400. The molecule has 0 radical (unpaired) electrons. The highest BCUT2D eigenvalue weighted by Gasteiger charge is 2.08. The van der Waals surface area contributed by atoms with Crippen LogP contribution in [0.5, 0.6) is 5.75 Å². The van der Waals surface area contributed by atoms with Crippen molar-refractivity contribution in [2.45, 2.75) is 53.5 Å². The van der Waals surface area contributed by atoms with Crippen LogP contribution >= 0.6 is 0 Å². The van der Waals surface area contributed by atoms with Crippen LogP contribution in [0.4, 0.5) is 0 Å². The van der Waals surface area contributed by atoms with Crippen molar-refractivity contribution >= 4 is 0 Å². The second kappa shape index (κ2) is 8.21. The largest absolute Gasteiger partial charge is 0.493 e. The van der Waals surface area contributed by atoms with Crippen molar-refractivity contribution in [3.8, 4) is 5.75 Å². The molecule has 0 saturated carbocycles. The van der Waals surface area contributed by atoms with Crippen molar-refractivity contribution in [3.05, 3.63) is 29.3 Å². The van der Waals surface area contributed by atoms with Gasteiger partial charge in [0, 0.05) is 6.04 Å². The lowest BCUT2D eigenvalue weighted by atomic mass is 10.0. The van der Waals surface area contributed by atoms with E-state index in [4.69, 9.17) is 4.74 Å². The van der Waals surface area contributed by atoms with E-state index in [9.17, 15) is 0 Å². The number of rotatable bonds is 8. The van der Waals surface area contributed by atoms with Gasteiger partial charge in [-0.1, -0.05) is 39.3 Å². The molecule has 2 heteroatoms. The highest BCUT2D eigenvalue weighted by atomic mass is 16.5. The molecule has 2 atom stereocenters. The van der Waals surface area contributed by atoms with E-state index in [1.165, 1.54) is 24.0 Å². The van der Waals surface area contributed by atoms with Crippen molar-refractivity contribution in [2.24, 2.45) is 5.92 Å². The first-order valence-corrected chi connectivity index (χ1v) is 7.55. The molecule has 2 nitrogen and oxygen atoms in total. The zero-order chi connectivity index (χ0) is 14.3. The summed E-state index contributed by atoms with van der Waals surface area (Å²) in [5.74, 6) is 1.65. The fourth-order valence-electron chi connectivity index (χ4n) is 2.34. The summed E-state index contributed by atoms with van der Waals surface area (Å²) in [6.45, 7) is 12.7. The molecule has 0 saturated heterocycles. The van der Waals surface area contributed by atoms with Gasteiger partial charge >= 0.3 is 0 Å². The number of aryl methyl sites for hydroxylation is 1. The van der Waals surface area contributed by atoms with Crippen molar-refractivity contribution < 1.29 is 4.74 Å². The highest BCUT2D eigenvalue weighted by molar-refractivity contribution is 5.37. The van der Waals surface area contributed by atoms with Crippen molar-refractivity contribution in [3.63, 3.8) is 0 Å². The first-order valence-electron chi connectivity index (χ1n) is 7.55. The normalized spacial score (nSPS) is 14.2. The second-order valence-corrected chi connectivity index (χ2v) is 5.51. The number of nitrogens with one attached hydrogen (secondary N) is 1. The molecule has 0 amide bonds. The number of benzene rings is 1. The Kier molecular flexibility index (Phi) is 6.93. The van der Waals surface area contributed by atoms with Crippen molar-refractivity contribution in [1.82, 2.24) is 5.32 Å². The smallest absolute Gasteiger partial charge is 0.122 e. The van der Waals surface area contributed by atoms with Gasteiger partial charge in [0.1, 0.15) is 5.75 Å². The van der Waals surface area contributed by atoms with Crippen LogP contribution < -0.4 is 10.1 Å². The molecule has 1 aromatic rings. The van der Waals surface area contributed by atoms with Crippen LogP contribution in [0.25, 0.3) is 0 Å². The quantitative estimate of drug-likeness (QED) is 0.746. The molecule has 19 heavy (non-hydrogen) atoms. The Morgan fingerprint density at radius 3 is 2.53 bits per heavy atom. The SMILES string of the molecule is CCCC(C)COc1ccc(C(C)NCC)cc1C. The number of hydrogen-bond donors (Lipinski definition) is 1. The molecular formula is C17H29NO. The van der Waals surface area contributed by atoms with E-state index in [0.29, 0.717) is 12.0 Å². The summed E-state index contributed by atoms with van der Waals surface area (Å²) in [6.07, 6.45) is 2.46. The van der Waals surface area contributed by atoms with Crippen LogP contribution in [0.15, 0.2) is 18.2 Å². The standard InChI is InChI=1S/C17H29NO/c1-6-8-13(3)12-19-17-10-9-16(11-14(17)4)15(5)18-7-2/h9-11,13,15,18H,6-8,12H2,1-5H3. The maximum Gasteiger partial charge on any atom is 0.122 e. The second-order valence-electron chi connectivity index (χ2n) is 5.51. The summed E-state index contributed by atoms with van der Waals surface area (Å²) >= 11 is 0. The lowest BCUT2D eigenvalue weighted by molar-refractivity contribution is 0.250. The zero-order valence-corrected chi connectivity index (χ0v) is 13.1. The van der Waals surface area contributed by atoms with Crippen LogP contribution in [0.3, 0.4) is 0 Å². The number of hydrogen-bond acceptors (Lipinski definition) is 2. The highest BCUT2D eigenvalue weighted by Crippen LogP contribution is 2.23. The third-order valence-electron chi connectivity index (χ3n) is 3.51. The van der Waals surface area contributed by atoms with Gasteiger partial charge in [0.2, 0.25) is 0 Å². The van der Waals surface area contributed by atoms with Gasteiger partial charge in [-0.2, -0.15) is 0 Å². The Bertz CT molecular complexity index is 376. The molecule has 1 aromatic carbocycles. The van der Waals surface area contributed by atoms with Gasteiger partial charge in [-0.15, -0.1) is 0 Å². The van der Waals surface area contributed by atoms with E-state index in [1.807, 2.05) is 0 Å². The predicted octanol–water partition coefficient (Wildman–Crippen LogP) is 4.48. The lowest BCUT2D eigenvalue weighted by Gasteiger charge is -2.17. The molecule has 0 spiro atoms. The first kappa shape index (κ1) is 16.0. The van der Waals surface area contributed by atoms with Crippen molar-refractivity contribution in [2.75, 3.05) is 13.2 Å². The minimum Gasteiger partial charge on any atom is -0.493 e. The molecule has 1 rings (SSSR count). The maximum atomic E-state index is 5.93. The summed E-state index contributed by atoms with van der Waals surface area (Å²) in [5.41, 5.74) is 2.55. The maximum absolute atomic E-state index is 5.93. The molecule has 0 aliphatic rings. The molecule has 108 valence electrons. The third kappa shape index (κ3) is 5.23. The molecular weight excluding hydrogens is 234 g/mol. The Balaban J connectivity index is 2.61. The first-order chi connectivity index (χ1) is 9.08. The van der Waals surface area contributed by atoms with Crippen LogP contribution in [0.1, 0.15) is 57.7 Å². The molecule has 0 fully saturated rings. The third-order valence-corrected chi connectivity index (χ3v) is 3.51. The monoisotopic (exact) mass is 263 g/mol. The van der Waals surface area contributed by atoms with E-state index < -0.39 is 0 Å². The fraction of sp³-hybridized carbons (Fsp3) is 0.647. The Labute approximate surface area is 118 Å². The van der Waals surface area contributed by atoms with Gasteiger partial charge < -0.3 is 10.1 Å².